The predicted molar refractivity (Wildman–Crippen MR) is 115 cm³/mol. The van der Waals surface area contributed by atoms with Crippen LogP contribution in [-0.2, 0) is 35.7 Å². The van der Waals surface area contributed by atoms with Crippen molar-refractivity contribution in [3.8, 4) is 0 Å². The van der Waals surface area contributed by atoms with Gasteiger partial charge in [0, 0.05) is 11.7 Å². The van der Waals surface area contributed by atoms with Gasteiger partial charge in [-0.05, 0) is 73.4 Å². The van der Waals surface area contributed by atoms with Gasteiger partial charge in [0.05, 0.1) is 5.75 Å². The van der Waals surface area contributed by atoms with Crippen molar-refractivity contribution in [3.05, 3.63) is 64.2 Å². The summed E-state index contributed by atoms with van der Waals surface area (Å²) in [7, 11) is -2.10. The van der Waals surface area contributed by atoms with Crippen LogP contribution < -0.4 is 15.4 Å². The van der Waals surface area contributed by atoms with Gasteiger partial charge in [-0.1, -0.05) is 36.4 Å². The summed E-state index contributed by atoms with van der Waals surface area (Å²) >= 11 is 0. The van der Waals surface area contributed by atoms with Crippen LogP contribution >= 0.6 is 0 Å². The zero-order chi connectivity index (χ0) is 20.4. The number of benzene rings is 2. The van der Waals surface area contributed by atoms with Crippen molar-refractivity contribution in [3.63, 3.8) is 0 Å². The fourth-order valence-corrected chi connectivity index (χ4v) is 5.75. The Balaban J connectivity index is 1.49. The summed E-state index contributed by atoms with van der Waals surface area (Å²) in [6.45, 7) is 0. The average Bonchev–Trinajstić information content (AvgIpc) is 3.35. The first-order valence-electron chi connectivity index (χ1n) is 10.2. The maximum absolute atomic E-state index is 12.6. The van der Waals surface area contributed by atoms with Gasteiger partial charge in [0.2, 0.25) is 10.0 Å². The molecule has 4 rings (SSSR count). The third-order valence-electron chi connectivity index (χ3n) is 5.90. The van der Waals surface area contributed by atoms with Gasteiger partial charge in [-0.15, -0.1) is 0 Å². The highest BCUT2D eigenvalue weighted by atomic mass is 32.2. The number of hydrogen-bond donors (Lipinski definition) is 3. The van der Waals surface area contributed by atoms with E-state index in [0.29, 0.717) is 0 Å². The van der Waals surface area contributed by atoms with E-state index in [-0.39, 0.29) is 5.75 Å². The average molecular weight is 414 g/mol. The molecule has 1 atom stereocenters. The molecule has 2 aliphatic carbocycles. The highest BCUT2D eigenvalue weighted by molar-refractivity contribution is 7.90. The molecule has 29 heavy (non-hydrogen) atoms. The summed E-state index contributed by atoms with van der Waals surface area (Å²) in [6, 6.07) is 10.6. The van der Waals surface area contributed by atoms with Crippen molar-refractivity contribution < 1.29 is 13.2 Å². The minimum Gasteiger partial charge on any atom is -0.312 e. The van der Waals surface area contributed by atoms with Gasteiger partial charge in [0.15, 0.2) is 0 Å². The largest absolute Gasteiger partial charge is 0.332 e. The first-order chi connectivity index (χ1) is 14.0. The van der Waals surface area contributed by atoms with Crippen molar-refractivity contribution >= 4 is 21.7 Å². The molecule has 2 amide bonds. The molecular weight excluding hydrogens is 386 g/mol. The molecular formula is C22H27N3O3S. The van der Waals surface area contributed by atoms with Gasteiger partial charge in [0.25, 0.3) is 0 Å². The Morgan fingerprint density at radius 1 is 1.00 bits per heavy atom. The fourth-order valence-electron chi connectivity index (χ4n) is 4.54. The monoisotopic (exact) mass is 413 g/mol. The van der Waals surface area contributed by atoms with Crippen LogP contribution in [0, 0.1) is 0 Å². The van der Waals surface area contributed by atoms with E-state index in [1.54, 1.807) is 7.05 Å². The van der Waals surface area contributed by atoms with Gasteiger partial charge < -0.3 is 10.6 Å². The Bertz CT molecular complexity index is 987. The third-order valence-corrected chi connectivity index (χ3v) is 7.16. The van der Waals surface area contributed by atoms with Crippen LogP contribution in [0.15, 0.2) is 36.4 Å². The number of carbonyl (C=O) groups is 1. The molecule has 2 aromatic carbocycles. The maximum atomic E-state index is 12.6. The van der Waals surface area contributed by atoms with Crippen LogP contribution in [0.25, 0.3) is 0 Å². The van der Waals surface area contributed by atoms with Crippen molar-refractivity contribution in [1.82, 2.24) is 10.0 Å². The molecule has 0 fully saturated rings. The molecule has 2 aliphatic rings. The van der Waals surface area contributed by atoms with Crippen molar-refractivity contribution in [2.75, 3.05) is 18.1 Å². The molecule has 0 bridgehead atoms. The Kier molecular flexibility index (Phi) is 5.61. The van der Waals surface area contributed by atoms with Crippen molar-refractivity contribution in [1.29, 1.82) is 0 Å². The normalized spacial score (nSPS) is 16.2. The maximum Gasteiger partial charge on any atom is 0.332 e. The number of carbonyl (C=O) groups excluding carboxylic acids is 1. The molecule has 154 valence electrons. The molecule has 1 unspecified atom stereocenters. The van der Waals surface area contributed by atoms with E-state index in [9.17, 15) is 13.2 Å². The van der Waals surface area contributed by atoms with Gasteiger partial charge in [0.1, 0.15) is 0 Å². The lowest BCUT2D eigenvalue weighted by atomic mass is 9.99. The number of hydrogen-bond acceptors (Lipinski definition) is 4. The molecule has 0 spiro atoms. The molecule has 0 saturated carbocycles. The second-order valence-corrected chi connectivity index (χ2v) is 9.59. The number of rotatable bonds is 6. The van der Waals surface area contributed by atoms with Crippen LogP contribution in [0.4, 0.5) is 10.5 Å². The van der Waals surface area contributed by atoms with Crippen LogP contribution in [0.3, 0.4) is 0 Å². The van der Waals surface area contributed by atoms with Crippen LogP contribution in [0.5, 0.6) is 0 Å². The number of anilines is 1. The topological polar surface area (TPSA) is 87.3 Å². The van der Waals surface area contributed by atoms with Gasteiger partial charge in [-0.3, -0.25) is 0 Å². The van der Waals surface area contributed by atoms with Crippen molar-refractivity contribution in [2.45, 2.75) is 44.6 Å². The zero-order valence-electron chi connectivity index (χ0n) is 16.6. The summed E-state index contributed by atoms with van der Waals surface area (Å²) in [5.41, 5.74) is 6.64. The molecule has 0 heterocycles. The van der Waals surface area contributed by atoms with E-state index < -0.39 is 22.1 Å². The van der Waals surface area contributed by atoms with E-state index in [2.05, 4.69) is 21.4 Å². The first kappa shape index (κ1) is 19.9. The van der Waals surface area contributed by atoms with E-state index >= 15 is 0 Å². The Hall–Kier alpha value is -2.38. The van der Waals surface area contributed by atoms with Gasteiger partial charge in [-0.2, -0.15) is 0 Å². The summed E-state index contributed by atoms with van der Waals surface area (Å²) in [6.07, 6.45) is 6.07. The highest BCUT2D eigenvalue weighted by Gasteiger charge is 2.27. The van der Waals surface area contributed by atoms with E-state index in [0.717, 1.165) is 49.8 Å². The molecule has 3 N–H and O–H groups in total. The Labute approximate surface area is 172 Å². The number of aryl methyl sites for hydroxylation is 2. The number of fused-ring (bicyclic) bond motifs is 2. The van der Waals surface area contributed by atoms with Crippen LogP contribution in [0.2, 0.25) is 0 Å². The Morgan fingerprint density at radius 3 is 2.21 bits per heavy atom. The van der Waals surface area contributed by atoms with Gasteiger partial charge in [-0.25, -0.2) is 17.9 Å². The summed E-state index contributed by atoms with van der Waals surface area (Å²) < 4.78 is 27.5. The van der Waals surface area contributed by atoms with Crippen molar-refractivity contribution in [2.24, 2.45) is 0 Å². The molecule has 0 aromatic heterocycles. The summed E-state index contributed by atoms with van der Waals surface area (Å²) in [5, 5.41) is 5.89. The summed E-state index contributed by atoms with van der Waals surface area (Å²) in [5.74, 6) is -0.216. The smallest absolute Gasteiger partial charge is 0.312 e. The second-order valence-electron chi connectivity index (χ2n) is 7.82. The van der Waals surface area contributed by atoms with Crippen LogP contribution in [0.1, 0.15) is 46.7 Å². The summed E-state index contributed by atoms with van der Waals surface area (Å²) in [4.78, 5) is 12.6. The molecule has 7 heteroatoms. The lowest BCUT2D eigenvalue weighted by molar-refractivity contribution is 0.256. The third kappa shape index (κ3) is 4.31. The standard InChI is InChI=1S/C22H27N3O3S/c1-23-20(15-7-3-2-4-8-15)14-29(27,28)25-22(26)24-21-18-11-5-9-16(18)13-17-10-6-12-19(17)21/h2-4,7-8,13,20,23H,5-6,9-12,14H2,1H3,(H2,24,25,26). The van der Waals surface area contributed by atoms with Crippen LogP contribution in [-0.4, -0.2) is 27.2 Å². The molecule has 0 saturated heterocycles. The van der Waals surface area contributed by atoms with Gasteiger partial charge >= 0.3 is 6.03 Å². The minimum absolute atomic E-state index is 0.216. The SMILES string of the molecule is CNC(CS(=O)(=O)NC(=O)Nc1c2c(cc3c1CCC3)CCC2)c1ccccc1. The first-order valence-corrected chi connectivity index (χ1v) is 11.8. The lowest BCUT2D eigenvalue weighted by Gasteiger charge is -2.19. The molecule has 2 aromatic rings. The van der Waals surface area contributed by atoms with E-state index in [1.165, 1.54) is 22.3 Å². The number of amides is 2. The molecule has 0 aliphatic heterocycles. The number of urea groups is 1. The van der Waals surface area contributed by atoms with E-state index in [4.69, 9.17) is 0 Å². The minimum atomic E-state index is -3.81. The predicted octanol–water partition coefficient (Wildman–Crippen LogP) is 3.08. The molecule has 6 nitrogen and oxygen atoms in total. The highest BCUT2D eigenvalue weighted by Crippen LogP contribution is 2.38. The van der Waals surface area contributed by atoms with E-state index in [1.807, 2.05) is 30.3 Å². The number of nitrogens with one attached hydrogen (secondary N) is 3. The number of sulfonamides is 1. The quantitative estimate of drug-likeness (QED) is 0.679. The Morgan fingerprint density at radius 2 is 1.62 bits per heavy atom. The fraction of sp³-hybridized carbons (Fsp3) is 0.409. The second kappa shape index (κ2) is 8.16. The zero-order valence-corrected chi connectivity index (χ0v) is 17.4. The molecule has 0 radical (unpaired) electrons. The lowest BCUT2D eigenvalue weighted by Crippen LogP contribution is -2.39.